The summed E-state index contributed by atoms with van der Waals surface area (Å²) < 4.78 is 0. The monoisotopic (exact) mass is 202 g/mol. The highest BCUT2D eigenvalue weighted by Crippen LogP contribution is 2.00. The zero-order chi connectivity index (χ0) is 11.9. The second kappa shape index (κ2) is 14.5. The predicted molar refractivity (Wildman–Crippen MR) is 54.7 cm³/mol. The molecule has 0 aromatic carbocycles. The topological polar surface area (TPSA) is 95.2 Å². The Balaban J connectivity index is 0. The Kier molecular flexibility index (Phi) is 14.9. The highest BCUT2D eigenvalue weighted by molar-refractivity contribution is 4.82. The number of rotatable bonds is 4. The van der Waals surface area contributed by atoms with Gasteiger partial charge in [-0.3, -0.25) is 0 Å². The molecule has 0 bridgehead atoms. The van der Waals surface area contributed by atoms with E-state index in [9.17, 15) is 0 Å². The number of nitrogens with zero attached hydrogens (tertiary/aromatic N) is 4. The minimum Gasteiger partial charge on any atom is -0.198 e. The average Bonchev–Trinajstić information content (AvgIpc) is 2.27. The van der Waals surface area contributed by atoms with Crippen molar-refractivity contribution in [2.45, 2.75) is 39.0 Å². The van der Waals surface area contributed by atoms with Crippen molar-refractivity contribution < 1.29 is 0 Å². The lowest BCUT2D eigenvalue weighted by Crippen LogP contribution is -1.86. The molecule has 0 aromatic heterocycles. The maximum absolute atomic E-state index is 8.20. The Labute approximate surface area is 91.0 Å². The van der Waals surface area contributed by atoms with Gasteiger partial charge in [-0.2, -0.15) is 21.0 Å². The molecule has 0 spiro atoms. The molecule has 0 aliphatic carbocycles. The molecule has 0 aliphatic rings. The first-order valence-corrected chi connectivity index (χ1v) is 4.73. The van der Waals surface area contributed by atoms with Gasteiger partial charge in [-0.1, -0.05) is 0 Å². The van der Waals surface area contributed by atoms with E-state index in [1.807, 2.05) is 31.2 Å². The van der Waals surface area contributed by atoms with E-state index in [4.69, 9.17) is 21.0 Å². The summed E-state index contributed by atoms with van der Waals surface area (Å²) in [7, 11) is 0. The molecule has 0 rings (SSSR count). The van der Waals surface area contributed by atoms with E-state index in [2.05, 4.69) is 0 Å². The summed E-state index contributed by atoms with van der Waals surface area (Å²) >= 11 is 0. The summed E-state index contributed by atoms with van der Waals surface area (Å²) in [6.45, 7) is 1.82. The molecule has 78 valence electrons. The summed E-state index contributed by atoms with van der Waals surface area (Å²) in [5.74, 6) is 0.0367. The molecule has 0 aromatic rings. The van der Waals surface area contributed by atoms with Gasteiger partial charge in [-0.05, 0) is 19.8 Å². The maximum Gasteiger partial charge on any atom is 0.0653 e. The van der Waals surface area contributed by atoms with Gasteiger partial charge in [0.1, 0.15) is 0 Å². The van der Waals surface area contributed by atoms with Crippen LogP contribution < -0.4 is 0 Å². The quantitative estimate of drug-likeness (QED) is 0.654. The van der Waals surface area contributed by atoms with Gasteiger partial charge in [0, 0.05) is 25.2 Å². The molecule has 0 radical (unpaired) electrons. The zero-order valence-corrected chi connectivity index (χ0v) is 8.90. The van der Waals surface area contributed by atoms with E-state index in [1.165, 1.54) is 0 Å². The van der Waals surface area contributed by atoms with Crippen LogP contribution in [0.2, 0.25) is 0 Å². The Morgan fingerprint density at radius 3 is 1.67 bits per heavy atom. The van der Waals surface area contributed by atoms with Crippen molar-refractivity contribution in [3.63, 3.8) is 0 Å². The van der Waals surface area contributed by atoms with Crippen molar-refractivity contribution in [2.75, 3.05) is 0 Å². The minimum absolute atomic E-state index is 0.0367. The third-order valence-electron chi connectivity index (χ3n) is 1.49. The molecular formula is C11H14N4. The molecule has 0 saturated carbocycles. The van der Waals surface area contributed by atoms with E-state index >= 15 is 0 Å². The molecule has 0 saturated heterocycles. The van der Waals surface area contributed by atoms with Gasteiger partial charge in [0.05, 0.1) is 24.3 Å². The van der Waals surface area contributed by atoms with E-state index in [0.717, 1.165) is 0 Å². The molecule has 0 aliphatic heterocycles. The van der Waals surface area contributed by atoms with E-state index in [0.29, 0.717) is 32.1 Å². The lowest BCUT2D eigenvalue weighted by Gasteiger charge is -1.91. The van der Waals surface area contributed by atoms with Crippen LogP contribution in [0.3, 0.4) is 0 Å². The van der Waals surface area contributed by atoms with Crippen molar-refractivity contribution in [1.82, 2.24) is 0 Å². The van der Waals surface area contributed by atoms with Crippen LogP contribution in [-0.4, -0.2) is 0 Å². The van der Waals surface area contributed by atoms with Gasteiger partial charge in [0.15, 0.2) is 0 Å². The van der Waals surface area contributed by atoms with Crippen LogP contribution in [0.15, 0.2) is 0 Å². The maximum atomic E-state index is 8.20. The number of nitriles is 4. The van der Waals surface area contributed by atoms with Crippen molar-refractivity contribution in [3.8, 4) is 24.3 Å². The second-order valence-corrected chi connectivity index (χ2v) is 2.90. The first-order chi connectivity index (χ1) is 7.22. The Morgan fingerprint density at radius 1 is 0.867 bits per heavy atom. The van der Waals surface area contributed by atoms with Gasteiger partial charge in [-0.25, -0.2) is 0 Å². The fourth-order valence-electron chi connectivity index (χ4n) is 0.592. The number of hydrogen-bond donors (Lipinski definition) is 0. The zero-order valence-electron chi connectivity index (χ0n) is 8.90. The summed E-state index contributed by atoms with van der Waals surface area (Å²) in [5.41, 5.74) is 0. The number of hydrogen-bond acceptors (Lipinski definition) is 4. The standard InChI is InChI=1S/C6H8N2.C5H6N2/c1-6(5-8)3-2-4-7;6-4-2-1-3-5-7/h6H,2-3H2,1H3;1-3H2. The van der Waals surface area contributed by atoms with E-state index in [-0.39, 0.29) is 5.92 Å². The highest BCUT2D eigenvalue weighted by atomic mass is 14.3. The summed E-state index contributed by atoms with van der Waals surface area (Å²) in [5, 5.41) is 32.1. The van der Waals surface area contributed by atoms with Crippen molar-refractivity contribution in [2.24, 2.45) is 5.92 Å². The van der Waals surface area contributed by atoms with E-state index in [1.54, 1.807) is 0 Å². The smallest absolute Gasteiger partial charge is 0.0653 e. The second-order valence-electron chi connectivity index (χ2n) is 2.90. The lowest BCUT2D eigenvalue weighted by atomic mass is 10.1. The highest BCUT2D eigenvalue weighted by Gasteiger charge is 1.95. The van der Waals surface area contributed by atoms with Gasteiger partial charge >= 0.3 is 0 Å². The molecule has 0 amide bonds. The predicted octanol–water partition coefficient (Wildman–Crippen LogP) is 2.65. The van der Waals surface area contributed by atoms with Gasteiger partial charge in [0.2, 0.25) is 0 Å². The Bertz CT molecular complexity index is 281. The SMILES string of the molecule is CC(C#N)CCC#N.N#CCCCC#N. The molecule has 1 unspecified atom stereocenters. The van der Waals surface area contributed by atoms with Gasteiger partial charge in [0.25, 0.3) is 0 Å². The lowest BCUT2D eigenvalue weighted by molar-refractivity contribution is 0.675. The van der Waals surface area contributed by atoms with Crippen molar-refractivity contribution in [1.29, 1.82) is 21.0 Å². The molecule has 0 N–H and O–H groups in total. The van der Waals surface area contributed by atoms with Crippen LogP contribution in [0.5, 0.6) is 0 Å². The Morgan fingerprint density at radius 2 is 1.33 bits per heavy atom. The van der Waals surface area contributed by atoms with Crippen LogP contribution in [0.1, 0.15) is 39.0 Å². The molecule has 4 heteroatoms. The average molecular weight is 202 g/mol. The van der Waals surface area contributed by atoms with Crippen LogP contribution in [0.4, 0.5) is 0 Å². The number of unbranched alkanes of at least 4 members (excludes halogenated alkanes) is 2. The van der Waals surface area contributed by atoms with Gasteiger partial charge in [-0.15, -0.1) is 0 Å². The summed E-state index contributed by atoms with van der Waals surface area (Å²) in [6, 6.07) is 7.93. The summed E-state index contributed by atoms with van der Waals surface area (Å²) in [6.07, 6.45) is 2.93. The van der Waals surface area contributed by atoms with E-state index < -0.39 is 0 Å². The normalized spacial score (nSPS) is 9.13. The minimum atomic E-state index is 0.0367. The van der Waals surface area contributed by atoms with Crippen LogP contribution >= 0.6 is 0 Å². The fraction of sp³-hybridized carbons (Fsp3) is 0.636. The molecule has 1 atom stereocenters. The molecule has 0 heterocycles. The fourth-order valence-corrected chi connectivity index (χ4v) is 0.592. The Hall–Kier alpha value is -2.04. The summed E-state index contributed by atoms with van der Waals surface area (Å²) in [4.78, 5) is 0. The first-order valence-electron chi connectivity index (χ1n) is 4.73. The molecule has 4 nitrogen and oxygen atoms in total. The molecule has 0 fully saturated rings. The van der Waals surface area contributed by atoms with Crippen molar-refractivity contribution >= 4 is 0 Å². The van der Waals surface area contributed by atoms with Crippen LogP contribution in [0, 0.1) is 51.2 Å². The molecular weight excluding hydrogens is 188 g/mol. The van der Waals surface area contributed by atoms with Crippen LogP contribution in [0.25, 0.3) is 0 Å². The van der Waals surface area contributed by atoms with Gasteiger partial charge < -0.3 is 0 Å². The first kappa shape index (κ1) is 15.4. The molecule has 15 heavy (non-hydrogen) atoms. The van der Waals surface area contributed by atoms with Crippen LogP contribution in [-0.2, 0) is 0 Å². The largest absolute Gasteiger partial charge is 0.198 e. The van der Waals surface area contributed by atoms with Crippen molar-refractivity contribution in [3.05, 3.63) is 0 Å². The third kappa shape index (κ3) is 18.7. The third-order valence-corrected chi connectivity index (χ3v) is 1.49.